The van der Waals surface area contributed by atoms with E-state index in [0.717, 1.165) is 17.2 Å². The van der Waals surface area contributed by atoms with Gasteiger partial charge in [-0.2, -0.15) is 13.2 Å². The lowest BCUT2D eigenvalue weighted by atomic mass is 10.2. The van der Waals surface area contributed by atoms with Crippen molar-refractivity contribution in [3.8, 4) is 0 Å². The van der Waals surface area contributed by atoms with Gasteiger partial charge in [0.05, 0.1) is 11.4 Å². The quantitative estimate of drug-likeness (QED) is 0.900. The lowest BCUT2D eigenvalue weighted by molar-refractivity contribution is -0.141. The Kier molecular flexibility index (Phi) is 3.89. The number of thioether (sulfide) groups is 1. The summed E-state index contributed by atoms with van der Waals surface area (Å²) < 4.78 is 37.1. The Morgan fingerprint density at radius 2 is 2.10 bits per heavy atom. The molecule has 1 atom stereocenters. The molecule has 2 rings (SSSR count). The molecule has 5 nitrogen and oxygen atoms in total. The van der Waals surface area contributed by atoms with E-state index in [4.69, 9.17) is 5.11 Å². The molecule has 1 aliphatic heterocycles. The molecule has 0 radical (unpaired) electrons. The standard InChI is InChI=1S/C11H9F3N2O3S/c12-11(13,14)8-2-1-6(3-15-8)9(17)16-5-20-4-7(16)10(18)19/h1-3,7H,4-5H2,(H,18,19). The van der Waals surface area contributed by atoms with E-state index in [1.54, 1.807) is 0 Å². The van der Waals surface area contributed by atoms with Crippen LogP contribution in [0.5, 0.6) is 0 Å². The Bertz CT molecular complexity index is 533. The molecule has 1 aromatic heterocycles. The van der Waals surface area contributed by atoms with Crippen molar-refractivity contribution in [1.29, 1.82) is 0 Å². The number of carboxylic acids is 1. The van der Waals surface area contributed by atoms with E-state index in [0.29, 0.717) is 6.07 Å². The fourth-order valence-electron chi connectivity index (χ4n) is 1.70. The number of halogens is 3. The Hall–Kier alpha value is -1.77. The van der Waals surface area contributed by atoms with Gasteiger partial charge in [-0.1, -0.05) is 0 Å². The second kappa shape index (κ2) is 5.31. The number of amides is 1. The fourth-order valence-corrected chi connectivity index (χ4v) is 2.85. The molecule has 1 N–H and O–H groups in total. The first-order chi connectivity index (χ1) is 9.30. The summed E-state index contributed by atoms with van der Waals surface area (Å²) in [5, 5.41) is 8.96. The molecule has 1 aliphatic rings. The molecule has 1 saturated heterocycles. The van der Waals surface area contributed by atoms with Crippen molar-refractivity contribution in [2.75, 3.05) is 11.6 Å². The summed E-state index contributed by atoms with van der Waals surface area (Å²) in [7, 11) is 0. The zero-order chi connectivity index (χ0) is 14.9. The van der Waals surface area contributed by atoms with Crippen LogP contribution in [0.1, 0.15) is 16.1 Å². The highest BCUT2D eigenvalue weighted by Gasteiger charge is 2.36. The molecule has 0 aliphatic carbocycles. The first-order valence-corrected chi connectivity index (χ1v) is 6.61. The van der Waals surface area contributed by atoms with Gasteiger partial charge in [-0.15, -0.1) is 11.8 Å². The number of aromatic nitrogens is 1. The van der Waals surface area contributed by atoms with Crippen LogP contribution in [0.4, 0.5) is 13.2 Å². The molecule has 0 spiro atoms. The number of aliphatic carboxylic acids is 1. The zero-order valence-electron chi connectivity index (χ0n) is 9.92. The van der Waals surface area contributed by atoms with Crippen LogP contribution in [0.15, 0.2) is 18.3 Å². The van der Waals surface area contributed by atoms with Gasteiger partial charge >= 0.3 is 12.1 Å². The summed E-state index contributed by atoms with van der Waals surface area (Å²) >= 11 is 1.27. The van der Waals surface area contributed by atoms with Gasteiger partial charge in [0.25, 0.3) is 5.91 Å². The van der Waals surface area contributed by atoms with Crippen molar-refractivity contribution in [2.24, 2.45) is 0 Å². The van der Waals surface area contributed by atoms with Gasteiger partial charge in [-0.3, -0.25) is 9.78 Å². The lowest BCUT2D eigenvalue weighted by Crippen LogP contribution is -2.41. The molecule has 1 fully saturated rings. The van der Waals surface area contributed by atoms with Gasteiger partial charge in [0.2, 0.25) is 0 Å². The minimum absolute atomic E-state index is 0.0632. The maximum atomic E-state index is 12.4. The van der Waals surface area contributed by atoms with Gasteiger partial charge in [-0.25, -0.2) is 4.79 Å². The van der Waals surface area contributed by atoms with E-state index in [-0.39, 0.29) is 17.2 Å². The normalized spacial score (nSPS) is 19.1. The van der Waals surface area contributed by atoms with E-state index >= 15 is 0 Å². The number of carbonyl (C=O) groups is 2. The first-order valence-electron chi connectivity index (χ1n) is 5.45. The summed E-state index contributed by atoms with van der Waals surface area (Å²) in [6.45, 7) is 0. The van der Waals surface area contributed by atoms with Crippen LogP contribution in [-0.2, 0) is 11.0 Å². The molecule has 0 aromatic carbocycles. The second-order valence-corrected chi connectivity index (χ2v) is 5.06. The molecule has 1 aromatic rings. The van der Waals surface area contributed by atoms with Crippen LogP contribution < -0.4 is 0 Å². The Morgan fingerprint density at radius 3 is 2.60 bits per heavy atom. The van der Waals surface area contributed by atoms with Crippen LogP contribution >= 0.6 is 11.8 Å². The average molecular weight is 306 g/mol. The maximum Gasteiger partial charge on any atom is 0.433 e. The number of carboxylic acid groups (broad SMARTS) is 1. The topological polar surface area (TPSA) is 70.5 Å². The van der Waals surface area contributed by atoms with E-state index in [9.17, 15) is 22.8 Å². The highest BCUT2D eigenvalue weighted by molar-refractivity contribution is 7.99. The Labute approximate surface area is 115 Å². The van der Waals surface area contributed by atoms with E-state index in [2.05, 4.69) is 4.98 Å². The molecule has 0 bridgehead atoms. The predicted molar refractivity (Wildman–Crippen MR) is 64.2 cm³/mol. The van der Waals surface area contributed by atoms with E-state index in [1.807, 2.05) is 0 Å². The fraction of sp³-hybridized carbons (Fsp3) is 0.364. The predicted octanol–water partition coefficient (Wildman–Crippen LogP) is 1.70. The van der Waals surface area contributed by atoms with Crippen molar-refractivity contribution in [3.05, 3.63) is 29.6 Å². The molecule has 0 saturated carbocycles. The molecule has 9 heteroatoms. The number of carbonyl (C=O) groups excluding carboxylic acids is 1. The number of rotatable bonds is 2. The Balaban J connectivity index is 2.19. The van der Waals surface area contributed by atoms with Gasteiger partial charge in [0.1, 0.15) is 11.7 Å². The highest BCUT2D eigenvalue weighted by atomic mass is 32.2. The van der Waals surface area contributed by atoms with Gasteiger partial charge in [0.15, 0.2) is 0 Å². The zero-order valence-corrected chi connectivity index (χ0v) is 10.7. The average Bonchev–Trinajstić information content (AvgIpc) is 2.86. The molecular formula is C11H9F3N2O3S. The third-order valence-electron chi connectivity index (χ3n) is 2.73. The summed E-state index contributed by atoms with van der Waals surface area (Å²) in [4.78, 5) is 27.3. The molecule has 2 heterocycles. The minimum atomic E-state index is -4.57. The summed E-state index contributed by atoms with van der Waals surface area (Å²) in [5.74, 6) is -1.32. The molecule has 1 unspecified atom stereocenters. The minimum Gasteiger partial charge on any atom is -0.480 e. The van der Waals surface area contributed by atoms with Crippen molar-refractivity contribution in [3.63, 3.8) is 0 Å². The van der Waals surface area contributed by atoms with Crippen molar-refractivity contribution >= 4 is 23.6 Å². The number of pyridine rings is 1. The monoisotopic (exact) mass is 306 g/mol. The molecule has 108 valence electrons. The molecule has 20 heavy (non-hydrogen) atoms. The third-order valence-corrected chi connectivity index (χ3v) is 3.74. The third kappa shape index (κ3) is 2.87. The second-order valence-electron chi connectivity index (χ2n) is 4.06. The largest absolute Gasteiger partial charge is 0.480 e. The number of hydrogen-bond donors (Lipinski definition) is 1. The number of nitrogens with zero attached hydrogens (tertiary/aromatic N) is 2. The van der Waals surface area contributed by atoms with Crippen LogP contribution in [0.2, 0.25) is 0 Å². The van der Waals surface area contributed by atoms with Crippen LogP contribution in [-0.4, -0.2) is 44.5 Å². The SMILES string of the molecule is O=C(O)C1CSCN1C(=O)c1ccc(C(F)(F)F)nc1. The van der Waals surface area contributed by atoms with E-state index < -0.39 is 29.8 Å². The highest BCUT2D eigenvalue weighted by Crippen LogP contribution is 2.28. The van der Waals surface area contributed by atoms with Crippen molar-refractivity contribution < 1.29 is 27.9 Å². The Morgan fingerprint density at radius 1 is 1.40 bits per heavy atom. The van der Waals surface area contributed by atoms with Crippen LogP contribution in [0.3, 0.4) is 0 Å². The lowest BCUT2D eigenvalue weighted by Gasteiger charge is -2.20. The van der Waals surface area contributed by atoms with Crippen molar-refractivity contribution in [2.45, 2.75) is 12.2 Å². The van der Waals surface area contributed by atoms with Crippen molar-refractivity contribution in [1.82, 2.24) is 9.88 Å². The van der Waals surface area contributed by atoms with Gasteiger partial charge in [0, 0.05) is 11.9 Å². The van der Waals surface area contributed by atoms with Gasteiger partial charge in [-0.05, 0) is 12.1 Å². The smallest absolute Gasteiger partial charge is 0.433 e. The molecular weight excluding hydrogens is 297 g/mol. The first kappa shape index (κ1) is 14.6. The number of hydrogen-bond acceptors (Lipinski definition) is 4. The molecule has 1 amide bonds. The van der Waals surface area contributed by atoms with Crippen LogP contribution in [0, 0.1) is 0 Å². The number of alkyl halides is 3. The van der Waals surface area contributed by atoms with E-state index in [1.165, 1.54) is 11.8 Å². The summed E-state index contributed by atoms with van der Waals surface area (Å²) in [6, 6.07) is 0.738. The van der Waals surface area contributed by atoms with Gasteiger partial charge < -0.3 is 10.0 Å². The summed E-state index contributed by atoms with van der Waals surface area (Å²) in [5.41, 5.74) is -1.16. The summed E-state index contributed by atoms with van der Waals surface area (Å²) in [6.07, 6.45) is -3.76. The van der Waals surface area contributed by atoms with Crippen LogP contribution in [0.25, 0.3) is 0 Å². The maximum absolute atomic E-state index is 12.4.